The SMILES string of the molecule is CC1CCC[C@@H]1P(c1ccccc1)c1ccccc1. The van der Waals surface area contributed by atoms with Gasteiger partial charge in [0.2, 0.25) is 0 Å². The van der Waals surface area contributed by atoms with Gasteiger partial charge in [-0.25, -0.2) is 0 Å². The van der Waals surface area contributed by atoms with E-state index in [9.17, 15) is 0 Å². The van der Waals surface area contributed by atoms with Gasteiger partial charge in [-0.15, -0.1) is 0 Å². The largest absolute Gasteiger partial charge is 0.0622 e. The minimum atomic E-state index is -0.191. The molecular formula is C18H21P. The van der Waals surface area contributed by atoms with Crippen molar-refractivity contribution in [3.05, 3.63) is 60.7 Å². The van der Waals surface area contributed by atoms with Crippen LogP contribution in [0, 0.1) is 5.92 Å². The Morgan fingerprint density at radius 1 is 0.789 bits per heavy atom. The zero-order valence-corrected chi connectivity index (χ0v) is 12.4. The maximum atomic E-state index is 2.44. The van der Waals surface area contributed by atoms with Crippen LogP contribution in [0.1, 0.15) is 26.2 Å². The van der Waals surface area contributed by atoms with E-state index < -0.39 is 0 Å². The van der Waals surface area contributed by atoms with Gasteiger partial charge in [-0.05, 0) is 36.5 Å². The summed E-state index contributed by atoms with van der Waals surface area (Å²) in [5, 5.41) is 3.09. The molecule has 1 fully saturated rings. The fraction of sp³-hybridized carbons (Fsp3) is 0.333. The van der Waals surface area contributed by atoms with E-state index in [-0.39, 0.29) is 7.92 Å². The fourth-order valence-electron chi connectivity index (χ4n) is 3.22. The van der Waals surface area contributed by atoms with Crippen LogP contribution in [0.5, 0.6) is 0 Å². The van der Waals surface area contributed by atoms with Crippen molar-refractivity contribution in [1.82, 2.24) is 0 Å². The standard InChI is InChI=1S/C18H21P/c1-15-9-8-14-18(15)19(16-10-4-2-5-11-16)17-12-6-3-7-13-17/h2-7,10-13,15,18H,8-9,14H2,1H3/t15?,18-/m0/s1. The Balaban J connectivity index is 2.01. The van der Waals surface area contributed by atoms with Gasteiger partial charge in [-0.2, -0.15) is 0 Å². The second-order valence-corrected chi connectivity index (χ2v) is 7.95. The summed E-state index contributed by atoms with van der Waals surface area (Å²) in [5.41, 5.74) is 0.861. The summed E-state index contributed by atoms with van der Waals surface area (Å²) in [6.07, 6.45) is 4.21. The van der Waals surface area contributed by atoms with Crippen LogP contribution in [-0.2, 0) is 0 Å². The summed E-state index contributed by atoms with van der Waals surface area (Å²) < 4.78 is 0. The predicted molar refractivity (Wildman–Crippen MR) is 85.9 cm³/mol. The van der Waals surface area contributed by atoms with Gasteiger partial charge in [0.05, 0.1) is 0 Å². The quantitative estimate of drug-likeness (QED) is 0.728. The highest BCUT2D eigenvalue weighted by Gasteiger charge is 2.32. The lowest BCUT2D eigenvalue weighted by molar-refractivity contribution is 0.621. The maximum absolute atomic E-state index is 2.44. The highest BCUT2D eigenvalue weighted by molar-refractivity contribution is 7.73. The van der Waals surface area contributed by atoms with Gasteiger partial charge in [-0.1, -0.05) is 80.4 Å². The minimum Gasteiger partial charge on any atom is -0.0622 e. The molecule has 19 heavy (non-hydrogen) atoms. The van der Waals surface area contributed by atoms with Crippen LogP contribution in [0.25, 0.3) is 0 Å². The van der Waals surface area contributed by atoms with Crippen LogP contribution in [0.4, 0.5) is 0 Å². The molecular weight excluding hydrogens is 247 g/mol. The molecule has 3 rings (SSSR count). The zero-order valence-electron chi connectivity index (χ0n) is 11.5. The highest BCUT2D eigenvalue weighted by atomic mass is 31.1. The smallest absolute Gasteiger partial charge is 0.0103 e. The first-order valence-electron chi connectivity index (χ1n) is 7.25. The molecule has 1 aliphatic rings. The molecule has 0 radical (unpaired) electrons. The van der Waals surface area contributed by atoms with Crippen LogP contribution in [-0.4, -0.2) is 5.66 Å². The second-order valence-electron chi connectivity index (χ2n) is 5.52. The van der Waals surface area contributed by atoms with Crippen molar-refractivity contribution < 1.29 is 0 Å². The Kier molecular flexibility index (Phi) is 3.99. The zero-order chi connectivity index (χ0) is 13.1. The van der Waals surface area contributed by atoms with Crippen molar-refractivity contribution in [2.45, 2.75) is 31.8 Å². The first kappa shape index (κ1) is 12.9. The van der Waals surface area contributed by atoms with Crippen molar-refractivity contribution in [3.63, 3.8) is 0 Å². The third kappa shape index (κ3) is 2.74. The first-order chi connectivity index (χ1) is 9.36. The lowest BCUT2D eigenvalue weighted by Crippen LogP contribution is -2.23. The number of hydrogen-bond acceptors (Lipinski definition) is 0. The molecule has 0 aromatic heterocycles. The van der Waals surface area contributed by atoms with Gasteiger partial charge in [0.15, 0.2) is 0 Å². The molecule has 2 aromatic rings. The third-order valence-corrected chi connectivity index (χ3v) is 7.36. The van der Waals surface area contributed by atoms with Gasteiger partial charge < -0.3 is 0 Å². The molecule has 0 bridgehead atoms. The Labute approximate surface area is 117 Å². The number of hydrogen-bond donors (Lipinski definition) is 0. The molecule has 2 atom stereocenters. The lowest BCUT2D eigenvalue weighted by atomic mass is 10.1. The van der Waals surface area contributed by atoms with Gasteiger partial charge >= 0.3 is 0 Å². The number of rotatable bonds is 3. The van der Waals surface area contributed by atoms with Crippen LogP contribution >= 0.6 is 7.92 Å². The molecule has 0 amide bonds. The van der Waals surface area contributed by atoms with Crippen LogP contribution in [0.3, 0.4) is 0 Å². The van der Waals surface area contributed by atoms with Crippen molar-refractivity contribution in [1.29, 1.82) is 0 Å². The van der Waals surface area contributed by atoms with E-state index in [2.05, 4.69) is 67.6 Å². The van der Waals surface area contributed by atoms with Crippen molar-refractivity contribution in [2.24, 2.45) is 5.92 Å². The predicted octanol–water partition coefficient (Wildman–Crippen LogP) is 4.31. The van der Waals surface area contributed by atoms with E-state index in [1.165, 1.54) is 19.3 Å². The summed E-state index contributed by atoms with van der Waals surface area (Å²) in [6, 6.07) is 22.3. The van der Waals surface area contributed by atoms with Crippen molar-refractivity contribution in [2.75, 3.05) is 0 Å². The van der Waals surface area contributed by atoms with Crippen LogP contribution in [0.2, 0.25) is 0 Å². The Hall–Kier alpha value is -1.13. The van der Waals surface area contributed by atoms with Gasteiger partial charge in [0.25, 0.3) is 0 Å². The van der Waals surface area contributed by atoms with Gasteiger partial charge in [0.1, 0.15) is 0 Å². The van der Waals surface area contributed by atoms with E-state index in [0.717, 1.165) is 11.6 Å². The molecule has 1 unspecified atom stereocenters. The molecule has 0 nitrogen and oxygen atoms in total. The topological polar surface area (TPSA) is 0 Å². The molecule has 1 heteroatoms. The van der Waals surface area contributed by atoms with E-state index in [0.29, 0.717) is 0 Å². The monoisotopic (exact) mass is 268 g/mol. The molecule has 98 valence electrons. The van der Waals surface area contributed by atoms with Crippen molar-refractivity contribution in [3.8, 4) is 0 Å². The van der Waals surface area contributed by atoms with E-state index in [1.807, 2.05) is 0 Å². The van der Waals surface area contributed by atoms with Gasteiger partial charge in [0, 0.05) is 0 Å². The minimum absolute atomic E-state index is 0.191. The Morgan fingerprint density at radius 2 is 1.32 bits per heavy atom. The Morgan fingerprint density at radius 3 is 1.74 bits per heavy atom. The summed E-state index contributed by atoms with van der Waals surface area (Å²) in [4.78, 5) is 0. The molecule has 2 aromatic carbocycles. The summed E-state index contributed by atoms with van der Waals surface area (Å²) in [5.74, 6) is 0.867. The lowest BCUT2D eigenvalue weighted by Gasteiger charge is -2.28. The molecule has 1 saturated carbocycles. The molecule has 0 aliphatic heterocycles. The summed E-state index contributed by atoms with van der Waals surface area (Å²) in [7, 11) is -0.191. The van der Waals surface area contributed by atoms with E-state index >= 15 is 0 Å². The number of benzene rings is 2. The summed E-state index contributed by atoms with van der Waals surface area (Å²) >= 11 is 0. The van der Waals surface area contributed by atoms with E-state index in [4.69, 9.17) is 0 Å². The average molecular weight is 268 g/mol. The van der Waals surface area contributed by atoms with E-state index in [1.54, 1.807) is 10.6 Å². The molecule has 0 N–H and O–H groups in total. The average Bonchev–Trinajstić information content (AvgIpc) is 2.88. The molecule has 0 saturated heterocycles. The Bertz CT molecular complexity index is 466. The fourth-order valence-corrected chi connectivity index (χ4v) is 6.37. The van der Waals surface area contributed by atoms with Crippen molar-refractivity contribution >= 4 is 18.5 Å². The molecule has 0 spiro atoms. The second kappa shape index (κ2) is 5.88. The maximum Gasteiger partial charge on any atom is -0.0103 e. The van der Waals surface area contributed by atoms with Crippen LogP contribution in [0.15, 0.2) is 60.7 Å². The van der Waals surface area contributed by atoms with Crippen LogP contribution < -0.4 is 10.6 Å². The summed E-state index contributed by atoms with van der Waals surface area (Å²) in [6.45, 7) is 2.44. The molecule has 0 heterocycles. The van der Waals surface area contributed by atoms with Gasteiger partial charge in [-0.3, -0.25) is 0 Å². The molecule has 1 aliphatic carbocycles. The first-order valence-corrected chi connectivity index (χ1v) is 8.66. The highest BCUT2D eigenvalue weighted by Crippen LogP contribution is 2.49. The normalized spacial score (nSPS) is 22.8. The third-order valence-electron chi connectivity index (χ3n) is 4.22.